The first-order valence-electron chi connectivity index (χ1n) is 6.80. The summed E-state index contributed by atoms with van der Waals surface area (Å²) in [5, 5.41) is 0. The zero-order valence-corrected chi connectivity index (χ0v) is 12.1. The van der Waals surface area contributed by atoms with Crippen molar-refractivity contribution < 1.29 is 13.2 Å². The molecule has 1 rings (SSSR count). The van der Waals surface area contributed by atoms with Crippen molar-refractivity contribution in [1.82, 2.24) is 0 Å². The van der Waals surface area contributed by atoms with Gasteiger partial charge in [-0.1, -0.05) is 58.4 Å². The van der Waals surface area contributed by atoms with Gasteiger partial charge in [0.1, 0.15) is 0 Å². The Bertz CT molecular complexity index is 399. The van der Waals surface area contributed by atoms with E-state index in [0.29, 0.717) is 6.42 Å². The molecule has 1 atom stereocenters. The largest absolute Gasteiger partial charge is 0.392 e. The molecule has 0 fully saturated rings. The van der Waals surface area contributed by atoms with Gasteiger partial charge in [0.05, 0.1) is 5.92 Å². The summed E-state index contributed by atoms with van der Waals surface area (Å²) in [7, 11) is 0. The number of benzene rings is 1. The third-order valence-corrected chi connectivity index (χ3v) is 3.38. The zero-order chi connectivity index (χ0) is 14.7. The highest BCUT2D eigenvalue weighted by Gasteiger charge is 2.38. The van der Waals surface area contributed by atoms with Gasteiger partial charge in [0, 0.05) is 0 Å². The standard InChI is InChI=1S/C16H23F3/c1-5-7-14(16(17,18)19)11-12-8-6-9-13(10-12)15(2,3)4/h6,8-10,14H,5,7,11H2,1-4H3. The molecule has 0 aliphatic carbocycles. The van der Waals surface area contributed by atoms with E-state index in [1.54, 1.807) is 13.0 Å². The van der Waals surface area contributed by atoms with Crippen LogP contribution in [0, 0.1) is 5.92 Å². The van der Waals surface area contributed by atoms with Gasteiger partial charge in [0.2, 0.25) is 0 Å². The first-order chi connectivity index (χ1) is 8.64. The van der Waals surface area contributed by atoms with Gasteiger partial charge in [-0.2, -0.15) is 13.2 Å². The van der Waals surface area contributed by atoms with E-state index >= 15 is 0 Å². The van der Waals surface area contributed by atoms with Gasteiger partial charge < -0.3 is 0 Å². The van der Waals surface area contributed by atoms with E-state index in [4.69, 9.17) is 0 Å². The first kappa shape index (κ1) is 16.1. The number of rotatable bonds is 4. The highest BCUT2D eigenvalue weighted by Crippen LogP contribution is 2.33. The van der Waals surface area contributed by atoms with Crippen LogP contribution in [0.5, 0.6) is 0 Å². The van der Waals surface area contributed by atoms with Gasteiger partial charge >= 0.3 is 6.18 Å². The van der Waals surface area contributed by atoms with Crippen molar-refractivity contribution in [3.8, 4) is 0 Å². The Balaban J connectivity index is 2.91. The van der Waals surface area contributed by atoms with Crippen LogP contribution in [-0.4, -0.2) is 6.18 Å². The van der Waals surface area contributed by atoms with Crippen LogP contribution in [0.1, 0.15) is 51.7 Å². The molecule has 0 heterocycles. The molecule has 0 radical (unpaired) electrons. The van der Waals surface area contributed by atoms with E-state index in [-0.39, 0.29) is 18.3 Å². The number of halogens is 3. The molecule has 1 aromatic carbocycles. The summed E-state index contributed by atoms with van der Waals surface area (Å²) < 4.78 is 38.8. The van der Waals surface area contributed by atoms with Crippen LogP contribution in [0.25, 0.3) is 0 Å². The SMILES string of the molecule is CCCC(Cc1cccc(C(C)(C)C)c1)C(F)(F)F. The zero-order valence-electron chi connectivity index (χ0n) is 12.1. The van der Waals surface area contributed by atoms with E-state index in [9.17, 15) is 13.2 Å². The second-order valence-electron chi connectivity index (χ2n) is 6.18. The number of hydrogen-bond donors (Lipinski definition) is 0. The summed E-state index contributed by atoms with van der Waals surface area (Å²) in [6, 6.07) is 7.54. The van der Waals surface area contributed by atoms with Crippen molar-refractivity contribution in [1.29, 1.82) is 0 Å². The molecule has 0 saturated heterocycles. The average Bonchev–Trinajstić information content (AvgIpc) is 2.26. The molecular weight excluding hydrogens is 249 g/mol. The molecule has 0 bridgehead atoms. The Hall–Kier alpha value is -0.990. The third-order valence-electron chi connectivity index (χ3n) is 3.38. The normalized spacial score (nSPS) is 14.5. The fourth-order valence-corrected chi connectivity index (χ4v) is 2.18. The van der Waals surface area contributed by atoms with Crippen molar-refractivity contribution in [2.24, 2.45) is 5.92 Å². The van der Waals surface area contributed by atoms with Gasteiger partial charge in [0.25, 0.3) is 0 Å². The molecule has 1 aromatic rings. The minimum absolute atomic E-state index is 0.0332. The molecular formula is C16H23F3. The van der Waals surface area contributed by atoms with E-state index in [1.807, 2.05) is 18.2 Å². The van der Waals surface area contributed by atoms with E-state index < -0.39 is 12.1 Å². The van der Waals surface area contributed by atoms with Crippen molar-refractivity contribution in [3.63, 3.8) is 0 Å². The minimum atomic E-state index is -4.10. The third kappa shape index (κ3) is 4.88. The summed E-state index contributed by atoms with van der Waals surface area (Å²) >= 11 is 0. The second-order valence-corrected chi connectivity index (χ2v) is 6.18. The molecule has 0 aliphatic rings. The summed E-state index contributed by atoms with van der Waals surface area (Å²) in [5.74, 6) is -1.23. The van der Waals surface area contributed by atoms with E-state index in [2.05, 4.69) is 20.8 Å². The molecule has 0 spiro atoms. The smallest absolute Gasteiger partial charge is 0.171 e. The van der Waals surface area contributed by atoms with E-state index in [0.717, 1.165) is 11.1 Å². The number of hydrogen-bond acceptors (Lipinski definition) is 0. The highest BCUT2D eigenvalue weighted by molar-refractivity contribution is 5.29. The van der Waals surface area contributed by atoms with Crippen LogP contribution in [0.3, 0.4) is 0 Å². The van der Waals surface area contributed by atoms with Crippen molar-refractivity contribution >= 4 is 0 Å². The molecule has 0 N–H and O–H groups in total. The van der Waals surface area contributed by atoms with Gasteiger partial charge in [0.15, 0.2) is 0 Å². The average molecular weight is 272 g/mol. The lowest BCUT2D eigenvalue weighted by atomic mass is 9.84. The number of alkyl halides is 3. The Labute approximate surface area is 114 Å². The highest BCUT2D eigenvalue weighted by atomic mass is 19.4. The summed E-state index contributed by atoms with van der Waals surface area (Å²) in [5.41, 5.74) is 1.83. The first-order valence-corrected chi connectivity index (χ1v) is 6.80. The van der Waals surface area contributed by atoms with Gasteiger partial charge in [-0.15, -0.1) is 0 Å². The van der Waals surface area contributed by atoms with Crippen LogP contribution >= 0.6 is 0 Å². The molecule has 0 aromatic heterocycles. The van der Waals surface area contributed by atoms with Crippen LogP contribution in [0.2, 0.25) is 0 Å². The molecule has 0 aliphatic heterocycles. The van der Waals surface area contributed by atoms with Crippen molar-refractivity contribution in [2.75, 3.05) is 0 Å². The molecule has 1 unspecified atom stereocenters. The molecule has 0 saturated carbocycles. The maximum Gasteiger partial charge on any atom is 0.392 e. The van der Waals surface area contributed by atoms with Crippen molar-refractivity contribution in [2.45, 2.75) is 58.5 Å². The van der Waals surface area contributed by atoms with Gasteiger partial charge in [-0.05, 0) is 29.4 Å². The van der Waals surface area contributed by atoms with Crippen LogP contribution in [0.15, 0.2) is 24.3 Å². The van der Waals surface area contributed by atoms with Gasteiger partial charge in [-0.25, -0.2) is 0 Å². The fourth-order valence-electron chi connectivity index (χ4n) is 2.18. The minimum Gasteiger partial charge on any atom is -0.171 e. The Morgan fingerprint density at radius 3 is 2.21 bits per heavy atom. The lowest BCUT2D eigenvalue weighted by molar-refractivity contribution is -0.176. The van der Waals surface area contributed by atoms with E-state index in [1.165, 1.54) is 0 Å². The maximum atomic E-state index is 12.9. The second kappa shape index (κ2) is 5.98. The summed E-state index contributed by atoms with van der Waals surface area (Å²) in [6.45, 7) is 8.00. The lowest BCUT2D eigenvalue weighted by Gasteiger charge is -2.22. The maximum absolute atomic E-state index is 12.9. The molecule has 0 amide bonds. The summed E-state index contributed by atoms with van der Waals surface area (Å²) in [6.07, 6.45) is -3.26. The molecule has 19 heavy (non-hydrogen) atoms. The molecule has 0 nitrogen and oxygen atoms in total. The van der Waals surface area contributed by atoms with Crippen LogP contribution in [0.4, 0.5) is 13.2 Å². The molecule has 108 valence electrons. The van der Waals surface area contributed by atoms with Gasteiger partial charge in [-0.3, -0.25) is 0 Å². The summed E-state index contributed by atoms with van der Waals surface area (Å²) in [4.78, 5) is 0. The fraction of sp³-hybridized carbons (Fsp3) is 0.625. The Morgan fingerprint density at radius 2 is 1.74 bits per heavy atom. The van der Waals surface area contributed by atoms with Crippen LogP contribution in [-0.2, 0) is 11.8 Å². The Morgan fingerprint density at radius 1 is 1.11 bits per heavy atom. The van der Waals surface area contributed by atoms with Crippen LogP contribution < -0.4 is 0 Å². The monoisotopic (exact) mass is 272 g/mol. The van der Waals surface area contributed by atoms with Crippen molar-refractivity contribution in [3.05, 3.63) is 35.4 Å². The lowest BCUT2D eigenvalue weighted by Crippen LogP contribution is -2.25. The topological polar surface area (TPSA) is 0 Å². The quantitative estimate of drug-likeness (QED) is 0.678. The Kier molecular flexibility index (Phi) is 5.05. The molecule has 3 heteroatoms. The predicted octanol–water partition coefficient (Wildman–Crippen LogP) is 5.51. The predicted molar refractivity (Wildman–Crippen MR) is 73.3 cm³/mol.